The number of rotatable bonds is 14. The number of nitrogens with zero attached hydrogens (tertiary/aromatic N) is 2. The molecule has 12 nitrogen and oxygen atoms in total. The van der Waals surface area contributed by atoms with Crippen molar-refractivity contribution < 1.29 is 46.8 Å². The zero-order valence-corrected chi connectivity index (χ0v) is 27.0. The number of urea groups is 1. The fourth-order valence-electron chi connectivity index (χ4n) is 4.65. The van der Waals surface area contributed by atoms with Crippen molar-refractivity contribution in [2.24, 2.45) is 4.36 Å². The van der Waals surface area contributed by atoms with Gasteiger partial charge in [0.25, 0.3) is 5.91 Å². The number of amides is 3. The molecular weight excluding hydrogens is 655 g/mol. The summed E-state index contributed by atoms with van der Waals surface area (Å²) in [5.41, 5.74) is 6.19. The maximum Gasteiger partial charge on any atom is 0.416 e. The Morgan fingerprint density at radius 1 is 0.896 bits per heavy atom. The SMILES string of the molecule is CC(C)(CCCC(=O)O)S(=O)(CCCCC(=O)O)=NC(=O)c1cnc(N)c(-c2ccc(NC(=O)Nc3cccc(C(F)(F)F)c3)cc2)c1. The van der Waals surface area contributed by atoms with Crippen LogP contribution in [0.2, 0.25) is 0 Å². The molecule has 0 aliphatic rings. The van der Waals surface area contributed by atoms with Gasteiger partial charge in [-0.2, -0.15) is 17.5 Å². The van der Waals surface area contributed by atoms with Gasteiger partial charge in [-0.1, -0.05) is 18.2 Å². The molecule has 3 aromatic rings. The number of unbranched alkanes of at least 4 members (excludes halogenated alkanes) is 1. The molecule has 0 radical (unpaired) electrons. The van der Waals surface area contributed by atoms with Crippen LogP contribution in [-0.4, -0.2) is 53.8 Å². The average Bonchev–Trinajstić information content (AvgIpc) is 2.99. The maximum absolute atomic E-state index is 14.2. The number of nitrogens with two attached hydrogens (primary N) is 1. The number of carboxylic acids is 2. The number of hydrogen-bond donors (Lipinski definition) is 5. The summed E-state index contributed by atoms with van der Waals surface area (Å²) >= 11 is 0. The van der Waals surface area contributed by atoms with E-state index in [9.17, 15) is 36.6 Å². The first kappa shape index (κ1) is 37.5. The quantitative estimate of drug-likeness (QED) is 0.112. The number of aliphatic carboxylic acids is 2. The van der Waals surface area contributed by atoms with Crippen LogP contribution in [0.25, 0.3) is 11.1 Å². The fourth-order valence-corrected chi connectivity index (χ4v) is 6.98. The molecule has 16 heteroatoms. The van der Waals surface area contributed by atoms with Gasteiger partial charge in [-0.15, -0.1) is 0 Å². The molecule has 0 fully saturated rings. The van der Waals surface area contributed by atoms with E-state index in [1.165, 1.54) is 36.5 Å². The Morgan fingerprint density at radius 3 is 2.15 bits per heavy atom. The van der Waals surface area contributed by atoms with E-state index in [2.05, 4.69) is 20.0 Å². The Labute approximate surface area is 275 Å². The van der Waals surface area contributed by atoms with Crippen LogP contribution in [0.4, 0.5) is 35.2 Å². The number of carbonyl (C=O) groups is 4. The molecule has 3 rings (SSSR count). The molecule has 1 heterocycles. The van der Waals surface area contributed by atoms with E-state index in [-0.39, 0.29) is 61.3 Å². The molecule has 6 N–H and O–H groups in total. The molecule has 0 bridgehead atoms. The third-order valence-electron chi connectivity index (χ3n) is 7.39. The molecule has 1 unspecified atom stereocenters. The number of pyridine rings is 1. The van der Waals surface area contributed by atoms with E-state index in [1.54, 1.807) is 26.0 Å². The van der Waals surface area contributed by atoms with E-state index in [0.717, 1.165) is 12.1 Å². The lowest BCUT2D eigenvalue weighted by Gasteiger charge is -2.29. The fraction of sp³-hybridized carbons (Fsp3) is 0.344. The minimum atomic E-state index is -4.57. The van der Waals surface area contributed by atoms with Crippen LogP contribution in [0.5, 0.6) is 0 Å². The standard InChI is InChI=1S/C32H36F3N5O7S/c1-31(2,15-6-10-27(43)44)48(47,16-4-3-9-26(41)42)40-29(45)21-17-25(28(36)37-19-21)20-11-13-23(14-12-20)38-30(46)39-24-8-5-7-22(18-24)32(33,34)35/h5,7-8,11-14,17-19H,3-4,6,9-10,15-16H2,1-2H3,(H2,36,37)(H,41,42)(H,43,44)(H2,38,39,46). The van der Waals surface area contributed by atoms with Gasteiger partial charge in [0.1, 0.15) is 5.82 Å². The van der Waals surface area contributed by atoms with Crippen molar-refractivity contribution in [2.75, 3.05) is 22.1 Å². The van der Waals surface area contributed by atoms with Crippen molar-refractivity contribution in [3.63, 3.8) is 0 Å². The van der Waals surface area contributed by atoms with Gasteiger partial charge in [0.05, 0.1) is 20.9 Å². The number of anilines is 3. The first-order valence-corrected chi connectivity index (χ1v) is 16.4. The summed E-state index contributed by atoms with van der Waals surface area (Å²) in [6, 6.07) is 10.9. The highest BCUT2D eigenvalue weighted by Crippen LogP contribution is 2.32. The Kier molecular flexibility index (Phi) is 12.3. The van der Waals surface area contributed by atoms with Crippen LogP contribution in [0, 0.1) is 0 Å². The lowest BCUT2D eigenvalue weighted by atomic mass is 10.0. The molecule has 0 saturated heterocycles. The third-order valence-corrected chi connectivity index (χ3v) is 10.6. The number of benzene rings is 2. The van der Waals surface area contributed by atoms with Crippen LogP contribution >= 0.6 is 0 Å². The second-order valence-electron chi connectivity index (χ2n) is 11.5. The molecule has 2 aromatic carbocycles. The summed E-state index contributed by atoms with van der Waals surface area (Å²) in [6.07, 6.45) is -2.88. The maximum atomic E-state index is 14.2. The first-order valence-electron chi connectivity index (χ1n) is 14.7. The van der Waals surface area contributed by atoms with Crippen molar-refractivity contribution in [1.82, 2.24) is 4.98 Å². The largest absolute Gasteiger partial charge is 0.481 e. The highest BCUT2D eigenvalue weighted by atomic mass is 32.2. The number of alkyl halides is 3. The topological polar surface area (TPSA) is 201 Å². The van der Waals surface area contributed by atoms with Gasteiger partial charge in [0, 0.05) is 46.5 Å². The number of aromatic nitrogens is 1. The van der Waals surface area contributed by atoms with Crippen LogP contribution in [0.15, 0.2) is 65.2 Å². The van der Waals surface area contributed by atoms with E-state index in [4.69, 9.17) is 15.9 Å². The number of halogens is 3. The summed E-state index contributed by atoms with van der Waals surface area (Å²) in [7, 11) is -3.32. The van der Waals surface area contributed by atoms with Gasteiger partial charge < -0.3 is 26.6 Å². The van der Waals surface area contributed by atoms with Gasteiger partial charge in [-0.3, -0.25) is 14.4 Å². The van der Waals surface area contributed by atoms with Gasteiger partial charge in [-0.05, 0) is 81.5 Å². The van der Waals surface area contributed by atoms with Crippen molar-refractivity contribution >= 4 is 50.8 Å². The Balaban J connectivity index is 1.82. The van der Waals surface area contributed by atoms with Crippen LogP contribution in [-0.2, 0) is 25.5 Å². The van der Waals surface area contributed by atoms with Crippen LogP contribution in [0.3, 0.4) is 0 Å². The Morgan fingerprint density at radius 2 is 1.52 bits per heavy atom. The lowest BCUT2D eigenvalue weighted by molar-refractivity contribution is -0.138. The van der Waals surface area contributed by atoms with Crippen molar-refractivity contribution in [3.8, 4) is 11.1 Å². The molecule has 0 aliphatic carbocycles. The van der Waals surface area contributed by atoms with Gasteiger partial charge in [0.15, 0.2) is 0 Å². The summed E-state index contributed by atoms with van der Waals surface area (Å²) < 4.78 is 56.2. The summed E-state index contributed by atoms with van der Waals surface area (Å²) in [4.78, 5) is 51.9. The first-order chi connectivity index (χ1) is 22.4. The molecule has 3 amide bonds. The predicted molar refractivity (Wildman–Crippen MR) is 175 cm³/mol. The summed E-state index contributed by atoms with van der Waals surface area (Å²) in [6.45, 7) is 3.26. The minimum Gasteiger partial charge on any atom is -0.481 e. The van der Waals surface area contributed by atoms with E-state index >= 15 is 0 Å². The van der Waals surface area contributed by atoms with Crippen LogP contribution in [0.1, 0.15) is 68.3 Å². The number of carboxylic acid groups (broad SMARTS) is 2. The monoisotopic (exact) mass is 691 g/mol. The molecule has 48 heavy (non-hydrogen) atoms. The number of nitrogen functional groups attached to an aromatic ring is 1. The molecule has 0 spiro atoms. The summed E-state index contributed by atoms with van der Waals surface area (Å²) in [5, 5.41) is 22.9. The molecule has 0 saturated carbocycles. The normalized spacial score (nSPS) is 12.9. The smallest absolute Gasteiger partial charge is 0.416 e. The van der Waals surface area contributed by atoms with Crippen molar-refractivity contribution in [3.05, 3.63) is 71.9 Å². The number of hydrogen-bond acceptors (Lipinski definition) is 7. The van der Waals surface area contributed by atoms with Gasteiger partial charge in [-0.25, -0.2) is 14.0 Å². The molecule has 1 atom stereocenters. The second-order valence-corrected chi connectivity index (χ2v) is 14.5. The van der Waals surface area contributed by atoms with E-state index in [0.29, 0.717) is 16.8 Å². The van der Waals surface area contributed by atoms with Gasteiger partial charge >= 0.3 is 24.1 Å². The number of carbonyl (C=O) groups excluding carboxylic acids is 2. The minimum absolute atomic E-state index is 0.0264. The van der Waals surface area contributed by atoms with E-state index < -0.39 is 50.1 Å². The Hall–Kier alpha value is -4.99. The lowest BCUT2D eigenvalue weighted by Crippen LogP contribution is -2.35. The molecule has 1 aromatic heterocycles. The van der Waals surface area contributed by atoms with E-state index in [1.807, 2.05) is 0 Å². The zero-order valence-electron chi connectivity index (χ0n) is 26.2. The molecule has 258 valence electrons. The second kappa shape index (κ2) is 15.7. The average molecular weight is 692 g/mol. The van der Waals surface area contributed by atoms with Gasteiger partial charge in [0.2, 0.25) is 0 Å². The highest BCUT2D eigenvalue weighted by Gasteiger charge is 2.33. The summed E-state index contributed by atoms with van der Waals surface area (Å²) in [5.74, 6) is -2.90. The Bertz CT molecular complexity index is 1790. The predicted octanol–water partition coefficient (Wildman–Crippen LogP) is 6.89. The molecule has 0 aliphatic heterocycles. The van der Waals surface area contributed by atoms with Crippen LogP contribution < -0.4 is 16.4 Å². The van der Waals surface area contributed by atoms with Crippen molar-refractivity contribution in [2.45, 2.75) is 63.3 Å². The highest BCUT2D eigenvalue weighted by molar-refractivity contribution is 7.95. The zero-order chi connectivity index (χ0) is 35.7. The third kappa shape index (κ3) is 10.5. The number of nitrogens with one attached hydrogen (secondary N) is 2. The van der Waals surface area contributed by atoms with Crippen molar-refractivity contribution in [1.29, 1.82) is 0 Å². The molecular formula is C32H36F3N5O7S.